The summed E-state index contributed by atoms with van der Waals surface area (Å²) in [5.74, 6) is 0.794. The lowest BCUT2D eigenvalue weighted by atomic mass is 10.1. The summed E-state index contributed by atoms with van der Waals surface area (Å²) in [5, 5.41) is 2.91. The molecule has 2 aromatic carbocycles. The number of carbonyl (C=O) groups is 1. The van der Waals surface area contributed by atoms with Crippen molar-refractivity contribution in [3.8, 4) is 5.75 Å². The molecule has 1 atom stereocenters. The highest BCUT2D eigenvalue weighted by Gasteiger charge is 2.09. The van der Waals surface area contributed by atoms with Crippen molar-refractivity contribution in [2.75, 3.05) is 5.32 Å². The van der Waals surface area contributed by atoms with E-state index in [2.05, 4.69) is 11.9 Å². The van der Waals surface area contributed by atoms with E-state index in [-0.39, 0.29) is 12.0 Å². The first kappa shape index (κ1) is 16.8. The Kier molecular flexibility index (Phi) is 5.98. The Balaban J connectivity index is 2.01. The lowest BCUT2D eigenvalue weighted by molar-refractivity contribution is -0.116. The van der Waals surface area contributed by atoms with Crippen LogP contribution in [0, 0.1) is 6.92 Å². The molecule has 0 heterocycles. The van der Waals surface area contributed by atoms with Gasteiger partial charge in [-0.3, -0.25) is 4.79 Å². The number of nitrogens with one attached hydrogen (secondary N) is 1. The molecule has 3 heteroatoms. The second-order valence-corrected chi connectivity index (χ2v) is 5.52. The van der Waals surface area contributed by atoms with Crippen molar-refractivity contribution in [2.45, 2.75) is 32.8 Å². The van der Waals surface area contributed by atoms with Crippen LogP contribution in [0.25, 0.3) is 0 Å². The maximum atomic E-state index is 11.8. The first-order valence-corrected chi connectivity index (χ1v) is 7.83. The van der Waals surface area contributed by atoms with E-state index in [1.807, 2.05) is 62.4 Å². The molecule has 3 nitrogen and oxygen atoms in total. The van der Waals surface area contributed by atoms with E-state index in [4.69, 9.17) is 4.74 Å². The second kappa shape index (κ2) is 8.18. The molecule has 1 amide bonds. The van der Waals surface area contributed by atoms with Gasteiger partial charge in [0.1, 0.15) is 11.9 Å². The van der Waals surface area contributed by atoms with E-state index in [0.717, 1.165) is 22.6 Å². The molecule has 0 spiro atoms. The lowest BCUT2D eigenvalue weighted by Crippen LogP contribution is -2.11. The van der Waals surface area contributed by atoms with Crippen LogP contribution in [0.3, 0.4) is 0 Å². The first-order chi connectivity index (χ1) is 11.1. The smallest absolute Gasteiger partial charge is 0.224 e. The minimum absolute atomic E-state index is 0.000628. The molecule has 0 radical (unpaired) electrons. The van der Waals surface area contributed by atoms with Crippen LogP contribution in [0.5, 0.6) is 5.75 Å². The molecule has 0 saturated carbocycles. The molecule has 0 saturated heterocycles. The summed E-state index contributed by atoms with van der Waals surface area (Å²) >= 11 is 0. The third-order valence-electron chi connectivity index (χ3n) is 3.63. The fourth-order valence-electron chi connectivity index (χ4n) is 2.29. The van der Waals surface area contributed by atoms with Gasteiger partial charge >= 0.3 is 0 Å². The standard InChI is InChI=1S/C20H23NO2/c1-4-5-11-20(22)21-19-13-12-18(14-15(19)2)23-16(3)17-9-7-6-8-10-17/h4,6-10,12-14,16H,1,5,11H2,2-3H3,(H,21,22). The van der Waals surface area contributed by atoms with E-state index in [0.29, 0.717) is 12.8 Å². The molecule has 0 aliphatic heterocycles. The number of allylic oxidation sites excluding steroid dienone is 1. The molecule has 1 unspecified atom stereocenters. The van der Waals surface area contributed by atoms with Crippen LogP contribution in [-0.4, -0.2) is 5.91 Å². The number of hydrogen-bond donors (Lipinski definition) is 1. The van der Waals surface area contributed by atoms with Crippen molar-refractivity contribution >= 4 is 11.6 Å². The number of hydrogen-bond acceptors (Lipinski definition) is 2. The minimum atomic E-state index is -0.0244. The van der Waals surface area contributed by atoms with Gasteiger partial charge in [-0.2, -0.15) is 0 Å². The van der Waals surface area contributed by atoms with Gasteiger partial charge in [0.2, 0.25) is 5.91 Å². The molecule has 0 aliphatic rings. The van der Waals surface area contributed by atoms with Gasteiger partial charge in [-0.25, -0.2) is 0 Å². The molecular weight excluding hydrogens is 286 g/mol. The Morgan fingerprint density at radius 1 is 1.26 bits per heavy atom. The van der Waals surface area contributed by atoms with Gasteiger partial charge in [-0.15, -0.1) is 6.58 Å². The van der Waals surface area contributed by atoms with Gasteiger partial charge in [-0.05, 0) is 49.6 Å². The van der Waals surface area contributed by atoms with E-state index < -0.39 is 0 Å². The van der Waals surface area contributed by atoms with Crippen LogP contribution in [0.2, 0.25) is 0 Å². The maximum absolute atomic E-state index is 11.8. The van der Waals surface area contributed by atoms with Crippen molar-refractivity contribution in [1.82, 2.24) is 0 Å². The summed E-state index contributed by atoms with van der Waals surface area (Å²) in [7, 11) is 0. The first-order valence-electron chi connectivity index (χ1n) is 7.83. The number of aryl methyl sites for hydroxylation is 1. The molecule has 23 heavy (non-hydrogen) atoms. The number of amides is 1. The molecule has 1 N–H and O–H groups in total. The van der Waals surface area contributed by atoms with E-state index in [1.54, 1.807) is 6.08 Å². The zero-order valence-corrected chi connectivity index (χ0v) is 13.7. The predicted octanol–water partition coefficient (Wildman–Crippen LogP) is 5.04. The number of rotatable bonds is 7. The fraction of sp³-hybridized carbons (Fsp3) is 0.250. The normalized spacial score (nSPS) is 11.6. The Labute approximate surface area is 138 Å². The van der Waals surface area contributed by atoms with Crippen LogP contribution in [0.1, 0.15) is 37.0 Å². The number of anilines is 1. The Bertz CT molecular complexity index is 665. The highest BCUT2D eigenvalue weighted by Crippen LogP contribution is 2.26. The van der Waals surface area contributed by atoms with Crippen LogP contribution in [0.4, 0.5) is 5.69 Å². The number of ether oxygens (including phenoxy) is 1. The summed E-state index contributed by atoms with van der Waals surface area (Å²) in [6, 6.07) is 15.8. The summed E-state index contributed by atoms with van der Waals surface area (Å²) in [4.78, 5) is 11.8. The fourth-order valence-corrected chi connectivity index (χ4v) is 2.29. The SMILES string of the molecule is C=CCCC(=O)Nc1ccc(OC(C)c2ccccc2)cc1C. The highest BCUT2D eigenvalue weighted by atomic mass is 16.5. The highest BCUT2D eigenvalue weighted by molar-refractivity contribution is 5.91. The molecule has 0 aromatic heterocycles. The van der Waals surface area contributed by atoms with Crippen molar-refractivity contribution in [2.24, 2.45) is 0 Å². The maximum Gasteiger partial charge on any atom is 0.224 e. The molecule has 2 rings (SSSR count). The van der Waals surface area contributed by atoms with E-state index in [9.17, 15) is 4.79 Å². The number of benzene rings is 2. The van der Waals surface area contributed by atoms with Crippen molar-refractivity contribution in [3.63, 3.8) is 0 Å². The third kappa shape index (κ3) is 4.99. The minimum Gasteiger partial charge on any atom is -0.486 e. The van der Waals surface area contributed by atoms with E-state index in [1.165, 1.54) is 0 Å². The predicted molar refractivity (Wildman–Crippen MR) is 94.7 cm³/mol. The van der Waals surface area contributed by atoms with Crippen LogP contribution in [0.15, 0.2) is 61.2 Å². The third-order valence-corrected chi connectivity index (χ3v) is 3.63. The molecule has 2 aromatic rings. The van der Waals surface area contributed by atoms with Crippen LogP contribution < -0.4 is 10.1 Å². The average molecular weight is 309 g/mol. The average Bonchev–Trinajstić information content (AvgIpc) is 2.56. The quantitative estimate of drug-likeness (QED) is 0.728. The topological polar surface area (TPSA) is 38.3 Å². The summed E-state index contributed by atoms with van der Waals surface area (Å²) < 4.78 is 5.98. The lowest BCUT2D eigenvalue weighted by Gasteiger charge is -2.16. The van der Waals surface area contributed by atoms with Gasteiger partial charge in [0.05, 0.1) is 0 Å². The van der Waals surface area contributed by atoms with Crippen LogP contribution >= 0.6 is 0 Å². The molecular formula is C20H23NO2. The van der Waals surface area contributed by atoms with Gasteiger partial charge in [0, 0.05) is 12.1 Å². The van der Waals surface area contributed by atoms with Crippen molar-refractivity contribution in [3.05, 3.63) is 72.3 Å². The zero-order valence-electron chi connectivity index (χ0n) is 13.7. The van der Waals surface area contributed by atoms with E-state index >= 15 is 0 Å². The van der Waals surface area contributed by atoms with Gasteiger partial charge in [0.25, 0.3) is 0 Å². The Hall–Kier alpha value is -2.55. The van der Waals surface area contributed by atoms with Crippen molar-refractivity contribution in [1.29, 1.82) is 0 Å². The monoisotopic (exact) mass is 309 g/mol. The Morgan fingerprint density at radius 2 is 2.00 bits per heavy atom. The summed E-state index contributed by atoms with van der Waals surface area (Å²) in [5.41, 5.74) is 2.93. The number of carbonyl (C=O) groups excluding carboxylic acids is 1. The summed E-state index contributed by atoms with van der Waals surface area (Å²) in [6.07, 6.45) is 2.85. The van der Waals surface area contributed by atoms with Crippen LogP contribution in [-0.2, 0) is 4.79 Å². The molecule has 0 fully saturated rings. The molecule has 0 bridgehead atoms. The van der Waals surface area contributed by atoms with Crippen molar-refractivity contribution < 1.29 is 9.53 Å². The largest absolute Gasteiger partial charge is 0.486 e. The molecule has 120 valence electrons. The second-order valence-electron chi connectivity index (χ2n) is 5.52. The van der Waals surface area contributed by atoms with Gasteiger partial charge in [-0.1, -0.05) is 36.4 Å². The molecule has 0 aliphatic carbocycles. The van der Waals surface area contributed by atoms with Gasteiger partial charge < -0.3 is 10.1 Å². The zero-order chi connectivity index (χ0) is 16.7. The Morgan fingerprint density at radius 3 is 2.65 bits per heavy atom. The summed E-state index contributed by atoms with van der Waals surface area (Å²) in [6.45, 7) is 7.61. The van der Waals surface area contributed by atoms with Gasteiger partial charge in [0.15, 0.2) is 0 Å².